The molecule has 2 fully saturated rings. The first-order chi connectivity index (χ1) is 15.2. The largest absolute Gasteiger partial charge is 0.497 e. The molecule has 8 nitrogen and oxygen atoms in total. The second kappa shape index (κ2) is 8.74. The molecule has 0 aromatic heterocycles. The monoisotopic (exact) mass is 424 g/mol. The first-order valence-electron chi connectivity index (χ1n) is 10.8. The summed E-state index contributed by atoms with van der Waals surface area (Å²) >= 11 is 0. The number of nitrogens with zero attached hydrogens (tertiary/aromatic N) is 2. The van der Waals surface area contributed by atoms with E-state index in [0.717, 1.165) is 44.0 Å². The molecule has 0 spiro atoms. The van der Waals surface area contributed by atoms with Gasteiger partial charge in [0.1, 0.15) is 5.75 Å². The zero-order chi connectivity index (χ0) is 21.2. The van der Waals surface area contributed by atoms with Crippen molar-refractivity contribution in [2.24, 2.45) is 0 Å². The Bertz CT molecular complexity index is 953. The van der Waals surface area contributed by atoms with Crippen molar-refractivity contribution in [3.63, 3.8) is 0 Å². The molecule has 31 heavy (non-hydrogen) atoms. The molecule has 3 aliphatic rings. The number of carbonyl (C=O) groups is 1. The van der Waals surface area contributed by atoms with Crippen LogP contribution in [-0.4, -0.2) is 62.0 Å². The summed E-state index contributed by atoms with van der Waals surface area (Å²) in [7, 11) is 1.62. The maximum Gasteiger partial charge on any atom is 0.254 e. The predicted molar refractivity (Wildman–Crippen MR) is 115 cm³/mol. The van der Waals surface area contributed by atoms with Crippen molar-refractivity contribution in [3.8, 4) is 17.2 Å². The molecule has 164 valence electrons. The summed E-state index contributed by atoms with van der Waals surface area (Å²) in [6.07, 6.45) is 2.12. The Hall–Kier alpha value is -2.81. The van der Waals surface area contributed by atoms with Crippen LogP contribution in [0.1, 0.15) is 34.8 Å². The van der Waals surface area contributed by atoms with Gasteiger partial charge in [-0.1, -0.05) is 12.1 Å². The highest BCUT2D eigenvalue weighted by Gasteiger charge is 2.32. The van der Waals surface area contributed by atoms with Gasteiger partial charge in [0.15, 0.2) is 11.5 Å². The van der Waals surface area contributed by atoms with Crippen molar-refractivity contribution in [3.05, 3.63) is 53.6 Å². The van der Waals surface area contributed by atoms with Gasteiger partial charge >= 0.3 is 0 Å². The minimum absolute atomic E-state index is 0.0662. The molecule has 2 aromatic carbocycles. The van der Waals surface area contributed by atoms with E-state index in [1.54, 1.807) is 7.11 Å². The molecule has 0 aliphatic carbocycles. The summed E-state index contributed by atoms with van der Waals surface area (Å²) < 4.78 is 16.2. The Morgan fingerprint density at radius 3 is 2.84 bits per heavy atom. The van der Waals surface area contributed by atoms with E-state index in [0.29, 0.717) is 17.9 Å². The van der Waals surface area contributed by atoms with Gasteiger partial charge in [0.05, 0.1) is 13.3 Å². The van der Waals surface area contributed by atoms with Crippen LogP contribution in [0.3, 0.4) is 0 Å². The normalized spacial score (nSPS) is 23.6. The van der Waals surface area contributed by atoms with Crippen LogP contribution in [0.15, 0.2) is 42.5 Å². The number of ether oxygens (including phenoxy) is 3. The van der Waals surface area contributed by atoms with E-state index in [2.05, 4.69) is 27.9 Å². The second-order valence-electron chi connectivity index (χ2n) is 8.12. The van der Waals surface area contributed by atoms with Crippen LogP contribution in [0.25, 0.3) is 0 Å². The van der Waals surface area contributed by atoms with Gasteiger partial charge in [-0.05, 0) is 48.7 Å². The summed E-state index contributed by atoms with van der Waals surface area (Å²) in [5.41, 5.74) is 8.73. The molecule has 2 N–H and O–H groups in total. The van der Waals surface area contributed by atoms with Gasteiger partial charge in [-0.3, -0.25) is 9.69 Å². The molecule has 3 aliphatic heterocycles. The highest BCUT2D eigenvalue weighted by molar-refractivity contribution is 5.94. The molecule has 2 aromatic rings. The zero-order valence-corrected chi connectivity index (χ0v) is 17.7. The van der Waals surface area contributed by atoms with E-state index in [4.69, 9.17) is 14.2 Å². The Kier molecular flexibility index (Phi) is 5.67. The van der Waals surface area contributed by atoms with E-state index in [1.165, 1.54) is 5.56 Å². The van der Waals surface area contributed by atoms with Crippen LogP contribution in [0, 0.1) is 0 Å². The summed E-state index contributed by atoms with van der Waals surface area (Å²) in [5.74, 6) is 2.39. The van der Waals surface area contributed by atoms with Crippen LogP contribution in [0.5, 0.6) is 17.2 Å². The van der Waals surface area contributed by atoms with Gasteiger partial charge in [-0.2, -0.15) is 0 Å². The first kappa shape index (κ1) is 20.1. The van der Waals surface area contributed by atoms with Crippen LogP contribution in [0.2, 0.25) is 0 Å². The fraction of sp³-hybridized carbons (Fsp3) is 0.435. The van der Waals surface area contributed by atoms with E-state index in [9.17, 15) is 4.79 Å². The maximum atomic E-state index is 13.0. The quantitative estimate of drug-likeness (QED) is 0.779. The lowest BCUT2D eigenvalue weighted by atomic mass is 10.0. The van der Waals surface area contributed by atoms with Crippen molar-refractivity contribution in [1.29, 1.82) is 0 Å². The molecule has 2 unspecified atom stereocenters. The van der Waals surface area contributed by atoms with Crippen LogP contribution in [-0.2, 0) is 0 Å². The number of hydrogen-bond acceptors (Lipinski definition) is 7. The first-order valence-corrected chi connectivity index (χ1v) is 10.8. The fourth-order valence-corrected chi connectivity index (χ4v) is 4.52. The molecule has 0 saturated carbocycles. The molecular formula is C23H28N4O4. The third-order valence-electron chi connectivity index (χ3n) is 6.26. The molecule has 1 amide bonds. The number of methoxy groups -OCH3 is 1. The lowest BCUT2D eigenvalue weighted by Crippen LogP contribution is -2.46. The number of rotatable bonds is 4. The van der Waals surface area contributed by atoms with Crippen molar-refractivity contribution in [2.45, 2.75) is 25.0 Å². The van der Waals surface area contributed by atoms with E-state index >= 15 is 0 Å². The van der Waals surface area contributed by atoms with Gasteiger partial charge in [0.25, 0.3) is 5.91 Å². The molecule has 0 radical (unpaired) electrons. The highest BCUT2D eigenvalue weighted by atomic mass is 16.7. The van der Waals surface area contributed by atoms with Gasteiger partial charge in [0, 0.05) is 37.8 Å². The molecule has 2 saturated heterocycles. The third kappa shape index (κ3) is 4.19. The fourth-order valence-electron chi connectivity index (χ4n) is 4.52. The number of carbonyl (C=O) groups excluding carboxylic acids is 1. The Morgan fingerprint density at radius 1 is 1.03 bits per heavy atom. The number of nitrogens with one attached hydrogen (secondary N) is 2. The van der Waals surface area contributed by atoms with Crippen molar-refractivity contribution in [2.75, 3.05) is 40.1 Å². The molecule has 2 atom stereocenters. The van der Waals surface area contributed by atoms with Gasteiger partial charge in [-0.15, -0.1) is 0 Å². The summed E-state index contributed by atoms with van der Waals surface area (Å²) in [6.45, 7) is 3.55. The second-order valence-corrected chi connectivity index (χ2v) is 8.12. The average Bonchev–Trinajstić information content (AvgIpc) is 3.42. The summed E-state index contributed by atoms with van der Waals surface area (Å²) in [5, 5.41) is 0. The Balaban J connectivity index is 1.19. The summed E-state index contributed by atoms with van der Waals surface area (Å²) in [4.78, 5) is 17.4. The van der Waals surface area contributed by atoms with Crippen LogP contribution >= 0.6 is 0 Å². The Labute approximate surface area is 182 Å². The number of hydrogen-bond donors (Lipinski definition) is 2. The van der Waals surface area contributed by atoms with Crippen LogP contribution in [0.4, 0.5) is 0 Å². The van der Waals surface area contributed by atoms with E-state index in [1.807, 2.05) is 35.2 Å². The van der Waals surface area contributed by atoms with Gasteiger partial charge in [-0.25, -0.2) is 10.9 Å². The molecule has 5 rings (SSSR count). The van der Waals surface area contributed by atoms with Crippen molar-refractivity contribution in [1.82, 2.24) is 20.7 Å². The van der Waals surface area contributed by atoms with Crippen LogP contribution < -0.4 is 25.1 Å². The standard InChI is InChI=1S/C23H28N4O4/c1-29-18-5-2-4-17(12-18)23(28)27-9-3-8-26(10-11-27)22-14-19(24-25-22)16-6-7-20-21(13-16)31-15-30-20/h2,4-7,12-13,19,22,24-25H,3,8-11,14-15H2,1H3. The minimum atomic E-state index is 0.0662. The topological polar surface area (TPSA) is 75.3 Å². The number of amides is 1. The minimum Gasteiger partial charge on any atom is -0.497 e. The molecular weight excluding hydrogens is 396 g/mol. The predicted octanol–water partition coefficient (Wildman–Crippen LogP) is 2.14. The van der Waals surface area contributed by atoms with Gasteiger partial charge < -0.3 is 19.1 Å². The van der Waals surface area contributed by atoms with Crippen molar-refractivity contribution >= 4 is 5.91 Å². The average molecular weight is 425 g/mol. The number of hydrazine groups is 1. The third-order valence-corrected chi connectivity index (χ3v) is 6.26. The lowest BCUT2D eigenvalue weighted by Gasteiger charge is -2.27. The smallest absolute Gasteiger partial charge is 0.254 e. The van der Waals surface area contributed by atoms with Gasteiger partial charge in [0.2, 0.25) is 6.79 Å². The summed E-state index contributed by atoms with van der Waals surface area (Å²) in [6, 6.07) is 13.7. The zero-order valence-electron chi connectivity index (χ0n) is 17.7. The molecule has 8 heteroatoms. The van der Waals surface area contributed by atoms with E-state index < -0.39 is 0 Å². The molecule has 3 heterocycles. The number of fused-ring (bicyclic) bond motifs is 1. The lowest BCUT2D eigenvalue weighted by molar-refractivity contribution is 0.0756. The maximum absolute atomic E-state index is 13.0. The van der Waals surface area contributed by atoms with Crippen molar-refractivity contribution < 1.29 is 19.0 Å². The number of benzene rings is 2. The highest BCUT2D eigenvalue weighted by Crippen LogP contribution is 2.36. The molecule has 0 bridgehead atoms. The SMILES string of the molecule is COc1cccc(C(=O)N2CCCN(C3CC(c4ccc5c(c4)OCO5)NN3)CC2)c1. The van der Waals surface area contributed by atoms with E-state index in [-0.39, 0.29) is 24.9 Å². The Morgan fingerprint density at radius 2 is 1.94 bits per heavy atom.